The molecule has 0 spiro atoms. The number of halogens is 7. The molecular formula is C40H38F7N3O7. The largest absolute Gasteiger partial charge is 0.496 e. The van der Waals surface area contributed by atoms with Gasteiger partial charge in [0.2, 0.25) is 6.79 Å². The fourth-order valence-electron chi connectivity index (χ4n) is 9.06. The number of benzene rings is 3. The second-order valence-electron chi connectivity index (χ2n) is 14.7. The first kappa shape index (κ1) is 40.1. The van der Waals surface area contributed by atoms with Crippen LogP contribution in [0.5, 0.6) is 23.0 Å². The number of hydrogen-bond donors (Lipinski definition) is 0. The molecular weight excluding hydrogens is 767 g/mol. The molecule has 4 aliphatic heterocycles. The van der Waals surface area contributed by atoms with Gasteiger partial charge in [-0.25, -0.2) is 4.79 Å². The Morgan fingerprint density at radius 1 is 0.930 bits per heavy atom. The second-order valence-corrected chi connectivity index (χ2v) is 14.7. The number of nitriles is 1. The third kappa shape index (κ3) is 6.31. The molecule has 4 aliphatic rings. The first-order valence-electron chi connectivity index (χ1n) is 18.1. The summed E-state index contributed by atoms with van der Waals surface area (Å²) < 4.78 is 126. The van der Waals surface area contributed by atoms with E-state index in [1.807, 2.05) is 67.1 Å². The summed E-state index contributed by atoms with van der Waals surface area (Å²) in [5.74, 6) is -17.1. The summed E-state index contributed by atoms with van der Waals surface area (Å²) >= 11 is 0. The van der Waals surface area contributed by atoms with Crippen LogP contribution in [0, 0.1) is 32.1 Å². The summed E-state index contributed by atoms with van der Waals surface area (Å²) in [6, 6.07) is 9.75. The molecule has 304 valence electrons. The molecule has 2 bridgehead atoms. The van der Waals surface area contributed by atoms with Crippen LogP contribution in [-0.2, 0) is 33.6 Å². The molecule has 4 heterocycles. The van der Waals surface area contributed by atoms with Gasteiger partial charge < -0.3 is 23.7 Å². The molecule has 0 aromatic heterocycles. The molecule has 0 aliphatic carbocycles. The van der Waals surface area contributed by atoms with Crippen LogP contribution in [0.3, 0.4) is 0 Å². The Morgan fingerprint density at radius 2 is 1.61 bits per heavy atom. The van der Waals surface area contributed by atoms with Gasteiger partial charge in [-0.15, -0.1) is 0 Å². The molecule has 10 nitrogen and oxygen atoms in total. The van der Waals surface area contributed by atoms with Gasteiger partial charge in [0.1, 0.15) is 24.1 Å². The number of alkyl halides is 7. The average molecular weight is 806 g/mol. The Bertz CT molecular complexity index is 2160. The number of carbonyl (C=O) groups is 2. The zero-order valence-electron chi connectivity index (χ0n) is 31.4. The van der Waals surface area contributed by atoms with Crippen molar-refractivity contribution in [3.63, 3.8) is 0 Å². The highest BCUT2D eigenvalue weighted by Gasteiger charge is 2.77. The van der Waals surface area contributed by atoms with Crippen molar-refractivity contribution in [2.45, 2.75) is 94.7 Å². The van der Waals surface area contributed by atoms with Gasteiger partial charge in [-0.3, -0.25) is 14.6 Å². The molecule has 57 heavy (non-hydrogen) atoms. The van der Waals surface area contributed by atoms with Gasteiger partial charge in [0.15, 0.2) is 11.5 Å². The number of esters is 2. The van der Waals surface area contributed by atoms with E-state index in [2.05, 4.69) is 6.07 Å². The number of nitrogens with zero attached hydrogens (tertiary/aromatic N) is 3. The van der Waals surface area contributed by atoms with Crippen LogP contribution >= 0.6 is 0 Å². The number of methoxy groups -OCH3 is 1. The maximum absolute atomic E-state index is 14.9. The first-order chi connectivity index (χ1) is 26.8. The van der Waals surface area contributed by atoms with E-state index in [9.17, 15) is 45.6 Å². The topological polar surface area (TPSA) is 111 Å². The van der Waals surface area contributed by atoms with Crippen molar-refractivity contribution in [3.8, 4) is 29.1 Å². The molecule has 1 saturated heterocycles. The summed E-state index contributed by atoms with van der Waals surface area (Å²) in [6.07, 6.45) is -6.27. The number of carbonyl (C=O) groups excluding carboxylic acids is 2. The van der Waals surface area contributed by atoms with Crippen LogP contribution in [-0.4, -0.2) is 85.4 Å². The SMILES string of the molecule is COc1c(C)cc2c(c1C)[C@H]1C3Cc4c(OC(=O)C(F)(F)C(F)(F)C(F)(F)F)c(C)c5c(c4[C@H](COC(=O)CCc4ccccc4)N3[C@@H](C#N)[C@H](C2)N1C)OCO5. The van der Waals surface area contributed by atoms with Crippen molar-refractivity contribution in [1.29, 1.82) is 5.26 Å². The first-order valence-corrected chi connectivity index (χ1v) is 18.1. The van der Waals surface area contributed by atoms with Crippen LogP contribution in [0.1, 0.15) is 63.0 Å². The fourth-order valence-corrected chi connectivity index (χ4v) is 9.06. The highest BCUT2D eigenvalue weighted by Crippen LogP contribution is 2.58. The van der Waals surface area contributed by atoms with Crippen molar-refractivity contribution >= 4 is 11.9 Å². The molecule has 17 heteroatoms. The predicted molar refractivity (Wildman–Crippen MR) is 187 cm³/mol. The average Bonchev–Trinajstić information content (AvgIpc) is 3.65. The smallest absolute Gasteiger partial charge is 0.460 e. The zero-order valence-corrected chi connectivity index (χ0v) is 31.4. The Morgan fingerprint density at radius 3 is 2.26 bits per heavy atom. The monoisotopic (exact) mass is 805 g/mol. The van der Waals surface area contributed by atoms with Crippen molar-refractivity contribution in [3.05, 3.63) is 80.9 Å². The Labute approximate surface area is 323 Å². The number of piperazine rings is 1. The minimum Gasteiger partial charge on any atom is -0.496 e. The van der Waals surface area contributed by atoms with E-state index in [-0.39, 0.29) is 41.0 Å². The number of likely N-dealkylation sites (N-methyl/N-ethyl adjacent to an activating group) is 1. The number of aryl methyl sites for hydroxylation is 2. The van der Waals surface area contributed by atoms with Gasteiger partial charge in [0, 0.05) is 35.2 Å². The third-order valence-corrected chi connectivity index (χ3v) is 11.6. The molecule has 0 saturated carbocycles. The minimum atomic E-state index is -6.80. The molecule has 3 aromatic carbocycles. The summed E-state index contributed by atoms with van der Waals surface area (Å²) in [6.45, 7) is 4.17. The highest BCUT2D eigenvalue weighted by molar-refractivity contribution is 5.83. The maximum Gasteiger partial charge on any atom is 0.460 e. The predicted octanol–water partition coefficient (Wildman–Crippen LogP) is 7.03. The summed E-state index contributed by atoms with van der Waals surface area (Å²) in [7, 11) is 3.35. The van der Waals surface area contributed by atoms with Crippen molar-refractivity contribution in [1.82, 2.24) is 9.80 Å². The Kier molecular flexibility index (Phi) is 10.1. The van der Waals surface area contributed by atoms with E-state index in [1.165, 1.54) is 14.0 Å². The van der Waals surface area contributed by atoms with Crippen molar-refractivity contribution in [2.24, 2.45) is 0 Å². The fraction of sp³-hybridized carbons (Fsp3) is 0.475. The lowest BCUT2D eigenvalue weighted by Crippen LogP contribution is -2.68. The molecule has 5 atom stereocenters. The number of fused-ring (bicyclic) bond motifs is 9. The number of ether oxygens (including phenoxy) is 5. The summed E-state index contributed by atoms with van der Waals surface area (Å²) in [4.78, 5) is 30.1. The van der Waals surface area contributed by atoms with E-state index < -0.39 is 79.3 Å². The van der Waals surface area contributed by atoms with Gasteiger partial charge >= 0.3 is 30.0 Å². The highest BCUT2D eigenvalue weighted by atomic mass is 19.4. The van der Waals surface area contributed by atoms with Crippen LogP contribution < -0.4 is 18.9 Å². The molecule has 0 N–H and O–H groups in total. The summed E-state index contributed by atoms with van der Waals surface area (Å²) in [5.41, 5.74) is 4.15. The lowest BCUT2D eigenvalue weighted by atomic mass is 9.71. The second kappa shape index (κ2) is 14.4. The van der Waals surface area contributed by atoms with Crippen LogP contribution in [0.15, 0.2) is 36.4 Å². The van der Waals surface area contributed by atoms with Gasteiger partial charge in [-0.05, 0) is 74.9 Å². The Balaban J connectivity index is 1.39. The lowest BCUT2D eigenvalue weighted by Gasteiger charge is -2.60. The number of hydrogen-bond acceptors (Lipinski definition) is 10. The summed E-state index contributed by atoms with van der Waals surface area (Å²) in [5, 5.41) is 10.9. The van der Waals surface area contributed by atoms with Crippen molar-refractivity contribution < 1.29 is 64.0 Å². The Hall–Kier alpha value is -5.08. The molecule has 1 unspecified atom stereocenters. The standard InChI is InChI=1S/C40H38F7N3O7/c1-19-13-23-14-25-27(16-48)50-26(32(49(25)4)30(23)20(2)33(19)53-5)15-24-31(28(50)17-54-29(51)12-11-22-9-7-6-8-10-22)36-35(55-18-56-36)21(3)34(24)57-37(52)38(41,42)39(43,44)40(45,46)47/h6-10,13,25-28,32H,11-12,14-15,17-18H2,1-5H3/t25-,26?,27-,28-,32+/m0/s1. The minimum absolute atomic E-state index is 0.0353. The zero-order chi connectivity index (χ0) is 41.4. The van der Waals surface area contributed by atoms with E-state index >= 15 is 0 Å². The molecule has 1 fully saturated rings. The van der Waals surface area contributed by atoms with Gasteiger partial charge in [0.05, 0.1) is 25.3 Å². The van der Waals surface area contributed by atoms with Crippen LogP contribution in [0.4, 0.5) is 30.7 Å². The van der Waals surface area contributed by atoms with E-state index in [0.29, 0.717) is 18.6 Å². The van der Waals surface area contributed by atoms with Crippen LogP contribution in [0.2, 0.25) is 0 Å². The molecule has 0 amide bonds. The van der Waals surface area contributed by atoms with E-state index in [1.54, 1.807) is 0 Å². The number of rotatable bonds is 9. The van der Waals surface area contributed by atoms with Gasteiger partial charge in [-0.1, -0.05) is 36.4 Å². The maximum atomic E-state index is 14.9. The van der Waals surface area contributed by atoms with Gasteiger partial charge in [-0.2, -0.15) is 36.0 Å². The molecule has 3 aromatic rings. The van der Waals surface area contributed by atoms with Gasteiger partial charge in [0.25, 0.3) is 0 Å². The van der Waals surface area contributed by atoms with Crippen LogP contribution in [0.25, 0.3) is 0 Å². The van der Waals surface area contributed by atoms with E-state index in [4.69, 9.17) is 23.7 Å². The third-order valence-electron chi connectivity index (χ3n) is 11.6. The normalized spacial score (nSPS) is 22.8. The molecule has 0 radical (unpaired) electrons. The van der Waals surface area contributed by atoms with E-state index in [0.717, 1.165) is 27.8 Å². The van der Waals surface area contributed by atoms with Crippen molar-refractivity contribution in [2.75, 3.05) is 27.6 Å². The quantitative estimate of drug-likeness (QED) is 0.127. The molecule has 7 rings (SSSR count). The lowest BCUT2D eigenvalue weighted by molar-refractivity contribution is -0.346.